The lowest BCUT2D eigenvalue weighted by Gasteiger charge is -2.18. The standard InChI is InChI=1S/C24H27ClF2N2O5/c1-5-33-22(31)17-11-15(7-9-19(17)34-13-20(26)27)29-21(30)16-10-14(6-8-18(16)25)12-28-23(32)24(2,3)4/h6-11,20H,5,12-13H2,1-4H3,(H,28,32)(H,29,30). The first-order valence-electron chi connectivity index (χ1n) is 10.5. The molecule has 34 heavy (non-hydrogen) atoms. The highest BCUT2D eigenvalue weighted by Gasteiger charge is 2.21. The normalized spacial score (nSPS) is 11.2. The second-order valence-corrected chi connectivity index (χ2v) is 8.74. The van der Waals surface area contributed by atoms with Crippen LogP contribution < -0.4 is 15.4 Å². The average Bonchev–Trinajstić information content (AvgIpc) is 2.76. The van der Waals surface area contributed by atoms with Gasteiger partial charge in [0.15, 0.2) is 0 Å². The fourth-order valence-electron chi connectivity index (χ4n) is 2.76. The topological polar surface area (TPSA) is 93.7 Å². The van der Waals surface area contributed by atoms with Crippen LogP contribution >= 0.6 is 11.6 Å². The van der Waals surface area contributed by atoms with Gasteiger partial charge in [0.1, 0.15) is 17.9 Å². The number of nitrogens with one attached hydrogen (secondary N) is 2. The summed E-state index contributed by atoms with van der Waals surface area (Å²) in [5.74, 6) is -1.58. The van der Waals surface area contributed by atoms with Crippen molar-refractivity contribution in [3.63, 3.8) is 0 Å². The molecule has 0 unspecified atom stereocenters. The van der Waals surface area contributed by atoms with Crippen LogP contribution in [0.1, 0.15) is 54.0 Å². The first kappa shape index (κ1) is 27.0. The van der Waals surface area contributed by atoms with Crippen molar-refractivity contribution in [1.29, 1.82) is 0 Å². The number of esters is 1. The Morgan fingerprint density at radius 2 is 1.76 bits per heavy atom. The van der Waals surface area contributed by atoms with Gasteiger partial charge in [-0.2, -0.15) is 0 Å². The second kappa shape index (κ2) is 11.8. The molecule has 2 N–H and O–H groups in total. The summed E-state index contributed by atoms with van der Waals surface area (Å²) < 4.78 is 35.0. The lowest BCUT2D eigenvalue weighted by molar-refractivity contribution is -0.128. The molecule has 2 rings (SSSR count). The number of ether oxygens (including phenoxy) is 2. The van der Waals surface area contributed by atoms with Gasteiger partial charge < -0.3 is 20.1 Å². The van der Waals surface area contributed by atoms with Crippen molar-refractivity contribution < 1.29 is 32.6 Å². The summed E-state index contributed by atoms with van der Waals surface area (Å²) >= 11 is 6.20. The number of hydrogen-bond acceptors (Lipinski definition) is 5. The average molecular weight is 497 g/mol. The third-order valence-electron chi connectivity index (χ3n) is 4.51. The highest BCUT2D eigenvalue weighted by molar-refractivity contribution is 6.34. The SMILES string of the molecule is CCOC(=O)c1cc(NC(=O)c2cc(CNC(=O)C(C)(C)C)ccc2Cl)ccc1OCC(F)F. The molecule has 0 saturated heterocycles. The number of carbonyl (C=O) groups is 3. The molecule has 0 radical (unpaired) electrons. The molecule has 0 aromatic heterocycles. The second-order valence-electron chi connectivity index (χ2n) is 8.33. The Morgan fingerprint density at radius 3 is 2.38 bits per heavy atom. The van der Waals surface area contributed by atoms with Gasteiger partial charge in [0.05, 0.1) is 17.2 Å². The smallest absolute Gasteiger partial charge is 0.341 e. The molecule has 10 heteroatoms. The Bertz CT molecular complexity index is 1050. The predicted molar refractivity (Wildman–Crippen MR) is 125 cm³/mol. The van der Waals surface area contributed by atoms with E-state index in [-0.39, 0.29) is 46.6 Å². The molecule has 0 saturated carbocycles. The number of hydrogen-bond donors (Lipinski definition) is 2. The van der Waals surface area contributed by atoms with Crippen molar-refractivity contribution in [2.45, 2.75) is 40.7 Å². The van der Waals surface area contributed by atoms with E-state index < -0.39 is 30.3 Å². The van der Waals surface area contributed by atoms with E-state index in [1.165, 1.54) is 18.2 Å². The molecule has 2 aromatic carbocycles. The molecule has 2 amide bonds. The highest BCUT2D eigenvalue weighted by atomic mass is 35.5. The third-order valence-corrected chi connectivity index (χ3v) is 4.84. The molecule has 0 aliphatic heterocycles. The van der Waals surface area contributed by atoms with Crippen LogP contribution in [0.15, 0.2) is 36.4 Å². The van der Waals surface area contributed by atoms with E-state index >= 15 is 0 Å². The summed E-state index contributed by atoms with van der Waals surface area (Å²) in [6.07, 6.45) is -2.72. The first-order valence-corrected chi connectivity index (χ1v) is 10.9. The first-order chi connectivity index (χ1) is 15.9. The van der Waals surface area contributed by atoms with Crippen LogP contribution in [-0.4, -0.2) is 37.4 Å². The molecule has 184 valence electrons. The van der Waals surface area contributed by atoms with Crippen molar-refractivity contribution in [2.75, 3.05) is 18.5 Å². The van der Waals surface area contributed by atoms with Crippen LogP contribution in [0.2, 0.25) is 5.02 Å². The van der Waals surface area contributed by atoms with Gasteiger partial charge >= 0.3 is 5.97 Å². The van der Waals surface area contributed by atoms with Crippen molar-refractivity contribution in [2.24, 2.45) is 5.41 Å². The van der Waals surface area contributed by atoms with Crippen molar-refractivity contribution >= 4 is 35.1 Å². The van der Waals surface area contributed by atoms with Crippen LogP contribution in [0.25, 0.3) is 0 Å². The number of carbonyl (C=O) groups excluding carboxylic acids is 3. The minimum atomic E-state index is -2.72. The summed E-state index contributed by atoms with van der Waals surface area (Å²) in [5, 5.41) is 5.61. The largest absolute Gasteiger partial charge is 0.487 e. The molecule has 0 aliphatic carbocycles. The molecule has 2 aromatic rings. The number of amides is 2. The summed E-state index contributed by atoms with van der Waals surface area (Å²) in [4.78, 5) is 37.2. The van der Waals surface area contributed by atoms with Gasteiger partial charge in [-0.1, -0.05) is 38.4 Å². The van der Waals surface area contributed by atoms with Crippen LogP contribution in [0, 0.1) is 5.41 Å². The number of anilines is 1. The monoisotopic (exact) mass is 496 g/mol. The molecule has 0 fully saturated rings. The molecule has 0 aliphatic rings. The Balaban J connectivity index is 2.23. The Morgan fingerprint density at radius 1 is 1.06 bits per heavy atom. The van der Waals surface area contributed by atoms with Gasteiger partial charge in [0.25, 0.3) is 12.3 Å². The van der Waals surface area contributed by atoms with Crippen LogP contribution in [0.4, 0.5) is 14.5 Å². The fourth-order valence-corrected chi connectivity index (χ4v) is 2.96. The lowest BCUT2D eigenvalue weighted by atomic mass is 9.95. The summed E-state index contributed by atoms with van der Waals surface area (Å²) in [5.41, 5.74) is 0.356. The maximum Gasteiger partial charge on any atom is 0.341 e. The zero-order chi connectivity index (χ0) is 25.5. The third kappa shape index (κ3) is 7.69. The van der Waals surface area contributed by atoms with E-state index in [9.17, 15) is 23.2 Å². The zero-order valence-corrected chi connectivity index (χ0v) is 20.1. The molecule has 7 nitrogen and oxygen atoms in total. The van der Waals surface area contributed by atoms with Gasteiger partial charge in [-0.25, -0.2) is 13.6 Å². The van der Waals surface area contributed by atoms with Crippen molar-refractivity contribution in [3.8, 4) is 5.75 Å². The predicted octanol–water partition coefficient (Wildman–Crippen LogP) is 5.08. The molecule has 0 spiro atoms. The van der Waals surface area contributed by atoms with Crippen molar-refractivity contribution in [3.05, 3.63) is 58.1 Å². The van der Waals surface area contributed by atoms with Gasteiger partial charge in [-0.3, -0.25) is 9.59 Å². The Hall–Kier alpha value is -3.20. The minimum Gasteiger partial charge on any atom is -0.487 e. The van der Waals surface area contributed by atoms with Gasteiger partial charge in [-0.15, -0.1) is 0 Å². The fraction of sp³-hybridized carbons (Fsp3) is 0.375. The van der Waals surface area contributed by atoms with Gasteiger partial charge in [0.2, 0.25) is 5.91 Å². The molecule has 0 heterocycles. The molecular formula is C24H27ClF2N2O5. The molecule has 0 bridgehead atoms. The zero-order valence-electron chi connectivity index (χ0n) is 19.3. The summed E-state index contributed by atoms with van der Waals surface area (Å²) in [6.45, 7) is 6.34. The van der Waals surface area contributed by atoms with Gasteiger partial charge in [-0.05, 0) is 42.8 Å². The van der Waals surface area contributed by atoms with Crippen LogP contribution in [-0.2, 0) is 16.1 Å². The quantitative estimate of drug-likeness (QED) is 0.472. The Labute approximate surface area is 201 Å². The maximum atomic E-state index is 12.9. The van der Waals surface area contributed by atoms with E-state index in [4.69, 9.17) is 21.1 Å². The van der Waals surface area contributed by atoms with E-state index in [0.717, 1.165) is 0 Å². The lowest BCUT2D eigenvalue weighted by Crippen LogP contribution is -2.34. The van der Waals surface area contributed by atoms with E-state index in [1.807, 2.05) is 0 Å². The van der Waals surface area contributed by atoms with Crippen LogP contribution in [0.5, 0.6) is 5.75 Å². The number of halogens is 3. The Kier molecular flexibility index (Phi) is 9.37. The van der Waals surface area contributed by atoms with E-state index in [2.05, 4.69) is 10.6 Å². The maximum absolute atomic E-state index is 12.9. The number of rotatable bonds is 9. The van der Waals surface area contributed by atoms with Gasteiger partial charge in [0, 0.05) is 17.6 Å². The number of benzene rings is 2. The van der Waals surface area contributed by atoms with E-state index in [0.29, 0.717) is 5.56 Å². The molecular weight excluding hydrogens is 470 g/mol. The summed E-state index contributed by atoms with van der Waals surface area (Å²) in [6, 6.07) is 8.76. The van der Waals surface area contributed by atoms with E-state index in [1.54, 1.807) is 45.9 Å². The van der Waals surface area contributed by atoms with Crippen LogP contribution in [0.3, 0.4) is 0 Å². The minimum absolute atomic E-state index is 0.0673. The highest BCUT2D eigenvalue weighted by Crippen LogP contribution is 2.26. The summed E-state index contributed by atoms with van der Waals surface area (Å²) in [7, 11) is 0. The van der Waals surface area contributed by atoms with Crippen molar-refractivity contribution in [1.82, 2.24) is 5.32 Å². The number of alkyl halides is 2. The molecule has 0 atom stereocenters.